The normalized spacial score (nSPS) is 38.1. The summed E-state index contributed by atoms with van der Waals surface area (Å²) in [4.78, 5) is 2.53. The Bertz CT molecular complexity index is 207. The van der Waals surface area contributed by atoms with Crippen LogP contribution in [0.5, 0.6) is 0 Å². The molecule has 3 heteroatoms. The molecule has 2 atom stereocenters. The number of aliphatic hydroxyl groups excluding tert-OH is 1. The summed E-state index contributed by atoms with van der Waals surface area (Å²) in [5.74, 6) is 0. The van der Waals surface area contributed by atoms with E-state index in [-0.39, 0.29) is 12.1 Å². The topological polar surface area (TPSA) is 35.5 Å². The van der Waals surface area contributed by atoms with Crippen LogP contribution >= 0.6 is 0 Å². The van der Waals surface area contributed by atoms with Gasteiger partial charge >= 0.3 is 0 Å². The third-order valence-electron chi connectivity index (χ3n) is 3.70. The van der Waals surface area contributed by atoms with E-state index in [4.69, 9.17) is 0 Å². The van der Waals surface area contributed by atoms with E-state index < -0.39 is 0 Å². The molecule has 2 aliphatic rings. The fraction of sp³-hybridized carbons (Fsp3) is 1.00. The first-order chi connectivity index (χ1) is 6.68. The molecular formula is C11H22N2O. The van der Waals surface area contributed by atoms with Gasteiger partial charge in [0.1, 0.15) is 0 Å². The maximum atomic E-state index is 9.62. The largest absolute Gasteiger partial charge is 0.394 e. The van der Waals surface area contributed by atoms with Crippen LogP contribution in [0.1, 0.15) is 33.1 Å². The lowest BCUT2D eigenvalue weighted by Gasteiger charge is -2.36. The Morgan fingerprint density at radius 1 is 1.50 bits per heavy atom. The molecule has 0 bridgehead atoms. The second-order valence-corrected chi connectivity index (χ2v) is 5.06. The van der Waals surface area contributed by atoms with Crippen LogP contribution in [0.2, 0.25) is 0 Å². The molecule has 2 unspecified atom stereocenters. The van der Waals surface area contributed by atoms with Crippen LogP contribution in [0.25, 0.3) is 0 Å². The summed E-state index contributed by atoms with van der Waals surface area (Å²) in [7, 11) is 0. The minimum Gasteiger partial charge on any atom is -0.394 e. The molecule has 0 aliphatic carbocycles. The van der Waals surface area contributed by atoms with Crippen molar-refractivity contribution in [2.24, 2.45) is 0 Å². The van der Waals surface area contributed by atoms with Crippen LogP contribution in [0, 0.1) is 0 Å². The average Bonchev–Trinajstić information content (AvgIpc) is 2.68. The Labute approximate surface area is 86.5 Å². The van der Waals surface area contributed by atoms with Crippen molar-refractivity contribution in [2.45, 2.75) is 50.7 Å². The first-order valence-corrected chi connectivity index (χ1v) is 5.80. The van der Waals surface area contributed by atoms with Gasteiger partial charge in [-0.3, -0.25) is 4.90 Å². The van der Waals surface area contributed by atoms with E-state index >= 15 is 0 Å². The van der Waals surface area contributed by atoms with Gasteiger partial charge in [0.25, 0.3) is 0 Å². The van der Waals surface area contributed by atoms with Gasteiger partial charge in [-0.2, -0.15) is 0 Å². The van der Waals surface area contributed by atoms with Crippen molar-refractivity contribution in [3.05, 3.63) is 0 Å². The summed E-state index contributed by atoms with van der Waals surface area (Å²) in [5, 5.41) is 13.2. The van der Waals surface area contributed by atoms with Crippen LogP contribution in [-0.4, -0.2) is 47.3 Å². The molecule has 2 heterocycles. The number of nitrogens with zero attached hydrogens (tertiary/aromatic N) is 1. The lowest BCUT2D eigenvalue weighted by Crippen LogP contribution is -2.57. The number of nitrogens with one attached hydrogen (secondary N) is 1. The number of hydrogen-bond acceptors (Lipinski definition) is 3. The smallest absolute Gasteiger partial charge is 0.0629 e. The van der Waals surface area contributed by atoms with E-state index in [0.29, 0.717) is 12.1 Å². The fourth-order valence-electron chi connectivity index (χ4n) is 3.20. The summed E-state index contributed by atoms with van der Waals surface area (Å²) in [5.41, 5.74) is -0.00926. The molecule has 2 aliphatic heterocycles. The quantitative estimate of drug-likeness (QED) is 0.696. The molecule has 2 saturated heterocycles. The number of rotatable bonds is 3. The van der Waals surface area contributed by atoms with Crippen LogP contribution in [0.15, 0.2) is 0 Å². The molecule has 0 aromatic carbocycles. The predicted molar refractivity (Wildman–Crippen MR) is 57.3 cm³/mol. The first-order valence-electron chi connectivity index (χ1n) is 5.80. The number of aliphatic hydroxyl groups is 1. The molecule has 0 spiro atoms. The van der Waals surface area contributed by atoms with Crippen molar-refractivity contribution in [3.8, 4) is 0 Å². The summed E-state index contributed by atoms with van der Waals surface area (Å²) in [6.45, 7) is 6.99. The molecule has 0 aromatic heterocycles. The van der Waals surface area contributed by atoms with Crippen molar-refractivity contribution < 1.29 is 5.11 Å². The Balaban J connectivity index is 2.11. The van der Waals surface area contributed by atoms with E-state index in [1.165, 1.54) is 19.4 Å². The molecule has 0 aromatic rings. The molecule has 0 amide bonds. The second-order valence-electron chi connectivity index (χ2n) is 5.06. The fourth-order valence-corrected chi connectivity index (χ4v) is 3.20. The Morgan fingerprint density at radius 2 is 2.29 bits per heavy atom. The highest BCUT2D eigenvalue weighted by atomic mass is 16.3. The maximum absolute atomic E-state index is 9.62. The lowest BCUT2D eigenvalue weighted by atomic mass is 9.88. The highest BCUT2D eigenvalue weighted by molar-refractivity contribution is 5.08. The van der Waals surface area contributed by atoms with E-state index in [9.17, 15) is 5.11 Å². The summed E-state index contributed by atoms with van der Waals surface area (Å²) >= 11 is 0. The van der Waals surface area contributed by atoms with Gasteiger partial charge in [-0.05, 0) is 25.8 Å². The summed E-state index contributed by atoms with van der Waals surface area (Å²) in [6.07, 6.45) is 3.65. The molecule has 0 saturated carbocycles. The molecule has 0 radical (unpaired) electrons. The lowest BCUT2D eigenvalue weighted by molar-refractivity contribution is 0.119. The average molecular weight is 198 g/mol. The van der Waals surface area contributed by atoms with Crippen LogP contribution in [0.3, 0.4) is 0 Å². The minimum atomic E-state index is -0.00926. The molecule has 82 valence electrons. The van der Waals surface area contributed by atoms with Gasteiger partial charge in [0, 0.05) is 18.6 Å². The Hall–Kier alpha value is -0.120. The van der Waals surface area contributed by atoms with Gasteiger partial charge in [-0.1, -0.05) is 13.8 Å². The van der Waals surface area contributed by atoms with E-state index in [2.05, 4.69) is 24.1 Å². The first kappa shape index (κ1) is 10.4. The van der Waals surface area contributed by atoms with Crippen molar-refractivity contribution in [1.29, 1.82) is 0 Å². The van der Waals surface area contributed by atoms with Crippen LogP contribution in [0.4, 0.5) is 0 Å². The highest BCUT2D eigenvalue weighted by Gasteiger charge is 2.48. The SMILES string of the molecule is CC(C)NC1(CO)CCN2CCCC21. The van der Waals surface area contributed by atoms with Crippen LogP contribution in [-0.2, 0) is 0 Å². The van der Waals surface area contributed by atoms with Crippen molar-refractivity contribution in [1.82, 2.24) is 10.2 Å². The standard InChI is InChI=1S/C11H22N2O/c1-9(2)12-11(8-14)5-7-13-6-3-4-10(11)13/h9-10,12,14H,3-8H2,1-2H3. The maximum Gasteiger partial charge on any atom is 0.0629 e. The molecule has 3 nitrogen and oxygen atoms in total. The zero-order valence-corrected chi connectivity index (χ0v) is 9.29. The monoisotopic (exact) mass is 198 g/mol. The molecule has 14 heavy (non-hydrogen) atoms. The number of hydrogen-bond donors (Lipinski definition) is 2. The highest BCUT2D eigenvalue weighted by Crippen LogP contribution is 2.36. The van der Waals surface area contributed by atoms with Gasteiger partial charge in [0.2, 0.25) is 0 Å². The van der Waals surface area contributed by atoms with Crippen molar-refractivity contribution in [2.75, 3.05) is 19.7 Å². The van der Waals surface area contributed by atoms with Crippen molar-refractivity contribution >= 4 is 0 Å². The summed E-state index contributed by atoms with van der Waals surface area (Å²) < 4.78 is 0. The van der Waals surface area contributed by atoms with Gasteiger partial charge in [0.15, 0.2) is 0 Å². The summed E-state index contributed by atoms with van der Waals surface area (Å²) in [6, 6.07) is 1.04. The molecular weight excluding hydrogens is 176 g/mol. The van der Waals surface area contributed by atoms with E-state index in [1.54, 1.807) is 0 Å². The van der Waals surface area contributed by atoms with Crippen molar-refractivity contribution in [3.63, 3.8) is 0 Å². The zero-order valence-electron chi connectivity index (χ0n) is 9.29. The molecule has 2 rings (SSSR count). The molecule has 2 fully saturated rings. The zero-order chi connectivity index (χ0) is 10.2. The third-order valence-corrected chi connectivity index (χ3v) is 3.70. The van der Waals surface area contributed by atoms with Gasteiger partial charge in [-0.25, -0.2) is 0 Å². The molecule has 2 N–H and O–H groups in total. The Morgan fingerprint density at radius 3 is 2.93 bits per heavy atom. The predicted octanol–water partition coefficient (Wildman–Crippen LogP) is 0.584. The third kappa shape index (κ3) is 1.58. The second kappa shape index (κ2) is 3.80. The Kier molecular flexibility index (Phi) is 2.82. The van der Waals surface area contributed by atoms with Crippen LogP contribution < -0.4 is 5.32 Å². The van der Waals surface area contributed by atoms with Gasteiger partial charge in [0.05, 0.1) is 12.1 Å². The van der Waals surface area contributed by atoms with E-state index in [1.807, 2.05) is 0 Å². The number of fused-ring (bicyclic) bond motifs is 1. The van der Waals surface area contributed by atoms with Gasteiger partial charge < -0.3 is 10.4 Å². The van der Waals surface area contributed by atoms with E-state index in [0.717, 1.165) is 13.0 Å². The minimum absolute atomic E-state index is 0.00926. The van der Waals surface area contributed by atoms with Gasteiger partial charge in [-0.15, -0.1) is 0 Å².